The average molecular weight is 316 g/mol. The van der Waals surface area contributed by atoms with Crippen molar-refractivity contribution in [1.82, 2.24) is 4.57 Å². The third kappa shape index (κ3) is 2.53. The van der Waals surface area contributed by atoms with Crippen molar-refractivity contribution in [3.63, 3.8) is 0 Å². The van der Waals surface area contributed by atoms with Gasteiger partial charge in [-0.25, -0.2) is 4.39 Å². The van der Waals surface area contributed by atoms with Crippen LogP contribution in [-0.2, 0) is 7.05 Å². The topological polar surface area (TPSA) is 43.6 Å². The predicted molar refractivity (Wildman–Crippen MR) is 83.6 cm³/mol. The summed E-state index contributed by atoms with van der Waals surface area (Å²) in [6.07, 6.45) is 0. The van der Waals surface area contributed by atoms with Crippen LogP contribution in [0.3, 0.4) is 0 Å². The van der Waals surface area contributed by atoms with Crippen LogP contribution in [0.15, 0.2) is 47.5 Å². The van der Waals surface area contributed by atoms with Crippen LogP contribution in [0, 0.1) is 5.82 Å². The second kappa shape index (κ2) is 5.73. The molecule has 3 aromatic rings. The van der Waals surface area contributed by atoms with Crippen molar-refractivity contribution in [3.05, 3.63) is 58.6 Å². The van der Waals surface area contributed by atoms with Crippen molar-refractivity contribution in [2.45, 2.75) is 0 Å². The van der Waals surface area contributed by atoms with Crippen molar-refractivity contribution in [1.29, 1.82) is 0 Å². The van der Waals surface area contributed by atoms with Gasteiger partial charge in [-0.15, -0.1) is 0 Å². The van der Waals surface area contributed by atoms with Crippen molar-refractivity contribution in [2.75, 3.05) is 7.11 Å². The highest BCUT2D eigenvalue weighted by molar-refractivity contribution is 7.16. The zero-order valence-corrected chi connectivity index (χ0v) is 12.9. The molecule has 0 atom stereocenters. The normalized spacial score (nSPS) is 11.9. The number of ether oxygens (including phenoxy) is 1. The number of hydrogen-bond donors (Lipinski definition) is 0. The molecule has 3 rings (SSSR count). The van der Waals surface area contributed by atoms with Gasteiger partial charge in [-0.3, -0.25) is 4.79 Å². The van der Waals surface area contributed by atoms with Crippen LogP contribution in [0.2, 0.25) is 0 Å². The summed E-state index contributed by atoms with van der Waals surface area (Å²) < 4.78 is 21.6. The summed E-state index contributed by atoms with van der Waals surface area (Å²) in [5, 5.41) is 0. The van der Waals surface area contributed by atoms with Gasteiger partial charge in [0.1, 0.15) is 11.6 Å². The minimum absolute atomic E-state index is 0.0301. The molecule has 0 spiro atoms. The maximum atomic E-state index is 13.6. The third-order valence-electron chi connectivity index (χ3n) is 3.32. The first-order valence-corrected chi connectivity index (χ1v) is 7.39. The Morgan fingerprint density at radius 2 is 2.05 bits per heavy atom. The van der Waals surface area contributed by atoms with E-state index in [1.165, 1.54) is 29.5 Å². The number of fused-ring (bicyclic) bond motifs is 1. The number of aromatic nitrogens is 1. The summed E-state index contributed by atoms with van der Waals surface area (Å²) in [6, 6.07) is 11.5. The van der Waals surface area contributed by atoms with Crippen LogP contribution in [0.4, 0.5) is 4.39 Å². The molecule has 1 amide bonds. The van der Waals surface area contributed by atoms with Gasteiger partial charge < -0.3 is 9.30 Å². The lowest BCUT2D eigenvalue weighted by Gasteiger charge is -1.99. The number of aryl methyl sites for hydroxylation is 1. The minimum Gasteiger partial charge on any atom is -0.497 e. The molecule has 1 aromatic heterocycles. The summed E-state index contributed by atoms with van der Waals surface area (Å²) in [6.45, 7) is 0. The van der Waals surface area contributed by atoms with Gasteiger partial charge in [-0.2, -0.15) is 4.99 Å². The minimum atomic E-state index is -0.591. The van der Waals surface area contributed by atoms with Crippen molar-refractivity contribution in [2.24, 2.45) is 12.0 Å². The van der Waals surface area contributed by atoms with E-state index in [2.05, 4.69) is 4.99 Å². The first kappa shape index (κ1) is 14.5. The van der Waals surface area contributed by atoms with E-state index in [1.54, 1.807) is 17.7 Å². The Hall–Kier alpha value is -2.47. The molecule has 6 heteroatoms. The molecule has 112 valence electrons. The molecule has 0 radical (unpaired) electrons. The number of carbonyl (C=O) groups is 1. The van der Waals surface area contributed by atoms with E-state index < -0.39 is 11.7 Å². The molecule has 0 unspecified atom stereocenters. The Balaban J connectivity index is 2.11. The van der Waals surface area contributed by atoms with Gasteiger partial charge in [0.25, 0.3) is 5.91 Å². The molecule has 0 aliphatic rings. The van der Waals surface area contributed by atoms with Crippen molar-refractivity contribution in [3.8, 4) is 5.75 Å². The molecule has 0 aliphatic carbocycles. The Bertz CT molecular complexity index is 927. The molecule has 0 saturated carbocycles. The van der Waals surface area contributed by atoms with E-state index >= 15 is 0 Å². The fourth-order valence-corrected chi connectivity index (χ4v) is 3.17. The Morgan fingerprint density at radius 3 is 2.77 bits per heavy atom. The van der Waals surface area contributed by atoms with Gasteiger partial charge in [0.15, 0.2) is 4.80 Å². The van der Waals surface area contributed by atoms with Crippen LogP contribution in [0.25, 0.3) is 10.2 Å². The highest BCUT2D eigenvalue weighted by atomic mass is 32.1. The molecule has 0 fully saturated rings. The summed E-state index contributed by atoms with van der Waals surface area (Å²) in [4.78, 5) is 16.7. The average Bonchev–Trinajstić information content (AvgIpc) is 2.83. The first-order chi connectivity index (χ1) is 10.6. The molecular weight excluding hydrogens is 303 g/mol. The third-order valence-corrected chi connectivity index (χ3v) is 4.41. The number of hydrogen-bond acceptors (Lipinski definition) is 3. The number of benzene rings is 2. The van der Waals surface area contributed by atoms with E-state index in [1.807, 2.05) is 25.2 Å². The molecule has 1 heterocycles. The standard InChI is InChI=1S/C16H13FN2O2S/c1-19-13-8-7-10(21-2)9-14(13)22-16(19)18-15(20)11-5-3-4-6-12(11)17/h3-9H,1-2H3. The highest BCUT2D eigenvalue weighted by Gasteiger charge is 2.11. The lowest BCUT2D eigenvalue weighted by atomic mass is 10.2. The van der Waals surface area contributed by atoms with Gasteiger partial charge in [0.05, 0.1) is 22.9 Å². The molecule has 0 N–H and O–H groups in total. The summed E-state index contributed by atoms with van der Waals surface area (Å²) >= 11 is 1.36. The van der Waals surface area contributed by atoms with Gasteiger partial charge in [-0.1, -0.05) is 23.5 Å². The van der Waals surface area contributed by atoms with E-state index in [0.29, 0.717) is 4.80 Å². The monoisotopic (exact) mass is 316 g/mol. The smallest absolute Gasteiger partial charge is 0.282 e. The Kier molecular flexibility index (Phi) is 3.77. The fourth-order valence-electron chi connectivity index (χ4n) is 2.13. The van der Waals surface area contributed by atoms with E-state index in [-0.39, 0.29) is 5.56 Å². The fraction of sp³-hybridized carbons (Fsp3) is 0.125. The molecule has 2 aromatic carbocycles. The van der Waals surface area contributed by atoms with Crippen molar-refractivity contribution >= 4 is 27.5 Å². The largest absolute Gasteiger partial charge is 0.497 e. The zero-order chi connectivity index (χ0) is 15.7. The molecule has 0 saturated heterocycles. The van der Waals surface area contributed by atoms with Gasteiger partial charge in [-0.05, 0) is 30.3 Å². The van der Waals surface area contributed by atoms with Crippen LogP contribution in [0.5, 0.6) is 5.75 Å². The van der Waals surface area contributed by atoms with E-state index in [9.17, 15) is 9.18 Å². The summed E-state index contributed by atoms with van der Waals surface area (Å²) in [7, 11) is 3.42. The first-order valence-electron chi connectivity index (χ1n) is 6.57. The maximum Gasteiger partial charge on any atom is 0.282 e. The van der Waals surface area contributed by atoms with E-state index in [4.69, 9.17) is 4.74 Å². The maximum absolute atomic E-state index is 13.6. The van der Waals surface area contributed by atoms with Gasteiger partial charge in [0.2, 0.25) is 0 Å². The predicted octanol–water partition coefficient (Wildman–Crippen LogP) is 3.13. The number of nitrogens with zero attached hydrogens (tertiary/aromatic N) is 2. The lowest BCUT2D eigenvalue weighted by molar-refractivity contribution is 0.0994. The number of carbonyl (C=O) groups excluding carboxylic acids is 1. The number of halogens is 1. The number of thiazole rings is 1. The van der Waals surface area contributed by atoms with Crippen LogP contribution in [-0.4, -0.2) is 17.6 Å². The number of methoxy groups -OCH3 is 1. The van der Waals surface area contributed by atoms with Crippen LogP contribution in [0.1, 0.15) is 10.4 Å². The Labute approximate surface area is 130 Å². The molecular formula is C16H13FN2O2S. The molecule has 4 nitrogen and oxygen atoms in total. The Morgan fingerprint density at radius 1 is 1.27 bits per heavy atom. The van der Waals surface area contributed by atoms with E-state index in [0.717, 1.165) is 16.0 Å². The SMILES string of the molecule is COc1ccc2c(c1)sc(=NC(=O)c1ccccc1F)n2C. The molecule has 0 bridgehead atoms. The quantitative estimate of drug-likeness (QED) is 0.729. The second-order valence-electron chi connectivity index (χ2n) is 4.67. The second-order valence-corrected chi connectivity index (χ2v) is 5.68. The van der Waals surface area contributed by atoms with Crippen LogP contribution >= 0.6 is 11.3 Å². The van der Waals surface area contributed by atoms with Gasteiger partial charge in [0, 0.05) is 7.05 Å². The lowest BCUT2D eigenvalue weighted by Crippen LogP contribution is -2.13. The van der Waals surface area contributed by atoms with Crippen molar-refractivity contribution < 1.29 is 13.9 Å². The zero-order valence-electron chi connectivity index (χ0n) is 12.0. The molecule has 22 heavy (non-hydrogen) atoms. The number of amides is 1. The summed E-state index contributed by atoms with van der Waals surface area (Å²) in [5.41, 5.74) is 0.906. The number of rotatable bonds is 2. The summed E-state index contributed by atoms with van der Waals surface area (Å²) in [5.74, 6) is -0.421. The molecule has 0 aliphatic heterocycles. The highest BCUT2D eigenvalue weighted by Crippen LogP contribution is 2.22. The van der Waals surface area contributed by atoms with Crippen LogP contribution < -0.4 is 9.54 Å². The van der Waals surface area contributed by atoms with Gasteiger partial charge >= 0.3 is 0 Å².